The standard InChI is InChI=1S/C22H24FN3O4S/c1-4-13-26-20-11-10-18(31(28,29)25(2)3)14-19(20)24-21(26)15-30-22(27)12-7-16-5-8-17(23)9-6-16/h5-12,14H,4,13,15H2,1-3H3/b12-7+. The van der Waals surface area contributed by atoms with E-state index < -0.39 is 16.0 Å². The van der Waals surface area contributed by atoms with E-state index in [-0.39, 0.29) is 17.3 Å². The predicted molar refractivity (Wildman–Crippen MR) is 116 cm³/mol. The van der Waals surface area contributed by atoms with Crippen molar-refractivity contribution in [1.29, 1.82) is 0 Å². The molecule has 2 aromatic carbocycles. The molecule has 0 atom stereocenters. The summed E-state index contributed by atoms with van der Waals surface area (Å²) in [6.45, 7) is 2.60. The molecule has 0 fully saturated rings. The number of benzene rings is 2. The fourth-order valence-corrected chi connectivity index (χ4v) is 3.96. The van der Waals surface area contributed by atoms with Gasteiger partial charge in [0.2, 0.25) is 10.0 Å². The number of halogens is 1. The normalized spacial score (nSPS) is 12.2. The molecule has 7 nitrogen and oxygen atoms in total. The third-order valence-electron chi connectivity index (χ3n) is 4.65. The van der Waals surface area contributed by atoms with Gasteiger partial charge in [0.1, 0.15) is 18.2 Å². The summed E-state index contributed by atoms with van der Waals surface area (Å²) < 4.78 is 46.1. The molecule has 0 bridgehead atoms. The van der Waals surface area contributed by atoms with Gasteiger partial charge >= 0.3 is 5.97 Å². The summed E-state index contributed by atoms with van der Waals surface area (Å²) in [5.74, 6) is -0.383. The van der Waals surface area contributed by atoms with Gasteiger partial charge in [-0.1, -0.05) is 19.1 Å². The molecule has 0 aliphatic carbocycles. The fraction of sp³-hybridized carbons (Fsp3) is 0.273. The minimum Gasteiger partial charge on any atom is -0.454 e. The van der Waals surface area contributed by atoms with Gasteiger partial charge in [0.25, 0.3) is 0 Å². The van der Waals surface area contributed by atoms with Crippen LogP contribution in [0.3, 0.4) is 0 Å². The third kappa shape index (κ3) is 5.18. The number of aryl methyl sites for hydroxylation is 1. The molecule has 0 unspecified atom stereocenters. The van der Waals surface area contributed by atoms with E-state index in [1.807, 2.05) is 11.5 Å². The molecule has 0 aliphatic rings. The molecule has 0 amide bonds. The highest BCUT2D eigenvalue weighted by molar-refractivity contribution is 7.89. The maximum atomic E-state index is 13.0. The molecule has 164 valence electrons. The number of carbonyl (C=O) groups excluding carboxylic acids is 1. The molecular formula is C22H24FN3O4S. The number of esters is 1. The van der Waals surface area contributed by atoms with E-state index in [4.69, 9.17) is 4.74 Å². The number of rotatable bonds is 8. The fourth-order valence-electron chi connectivity index (χ4n) is 3.04. The molecule has 0 radical (unpaired) electrons. The lowest BCUT2D eigenvalue weighted by atomic mass is 10.2. The van der Waals surface area contributed by atoms with Gasteiger partial charge in [0.15, 0.2) is 0 Å². The van der Waals surface area contributed by atoms with Crippen LogP contribution in [0.25, 0.3) is 17.1 Å². The second-order valence-electron chi connectivity index (χ2n) is 7.11. The van der Waals surface area contributed by atoms with Crippen LogP contribution in [0.2, 0.25) is 0 Å². The molecule has 0 saturated heterocycles. The number of hydrogen-bond donors (Lipinski definition) is 0. The summed E-state index contributed by atoms with van der Waals surface area (Å²) in [6.07, 6.45) is 3.63. The minimum absolute atomic E-state index is 0.0585. The van der Waals surface area contributed by atoms with Crippen molar-refractivity contribution < 1.29 is 22.3 Å². The average Bonchev–Trinajstić information content (AvgIpc) is 3.08. The molecule has 1 aromatic heterocycles. The highest BCUT2D eigenvalue weighted by atomic mass is 32.2. The monoisotopic (exact) mass is 445 g/mol. The maximum Gasteiger partial charge on any atom is 0.331 e. The van der Waals surface area contributed by atoms with Crippen molar-refractivity contribution in [3.05, 3.63) is 65.7 Å². The van der Waals surface area contributed by atoms with Gasteiger partial charge in [-0.25, -0.2) is 26.9 Å². The zero-order valence-electron chi connectivity index (χ0n) is 17.6. The first-order valence-electron chi connectivity index (χ1n) is 9.74. The van der Waals surface area contributed by atoms with Crippen LogP contribution in [-0.4, -0.2) is 42.3 Å². The lowest BCUT2D eigenvalue weighted by Crippen LogP contribution is -2.22. The number of imidazole rings is 1. The quantitative estimate of drug-likeness (QED) is 0.391. The first kappa shape index (κ1) is 22.6. The average molecular weight is 446 g/mol. The van der Waals surface area contributed by atoms with Crippen LogP contribution in [0, 0.1) is 5.82 Å². The van der Waals surface area contributed by atoms with E-state index in [1.54, 1.807) is 24.3 Å². The van der Waals surface area contributed by atoms with Crippen LogP contribution in [0.1, 0.15) is 24.7 Å². The third-order valence-corrected chi connectivity index (χ3v) is 6.46. The zero-order valence-corrected chi connectivity index (χ0v) is 18.4. The van der Waals surface area contributed by atoms with Crippen LogP contribution in [0.15, 0.2) is 53.4 Å². The Kier molecular flexibility index (Phi) is 6.87. The Morgan fingerprint density at radius 3 is 2.55 bits per heavy atom. The summed E-state index contributed by atoms with van der Waals surface area (Å²) in [7, 11) is -0.637. The first-order valence-corrected chi connectivity index (χ1v) is 11.2. The summed E-state index contributed by atoms with van der Waals surface area (Å²) in [6, 6.07) is 10.5. The van der Waals surface area contributed by atoms with Crippen molar-refractivity contribution in [2.75, 3.05) is 14.1 Å². The minimum atomic E-state index is -3.58. The number of aromatic nitrogens is 2. The molecule has 31 heavy (non-hydrogen) atoms. The molecule has 1 heterocycles. The van der Waals surface area contributed by atoms with Crippen LogP contribution in [-0.2, 0) is 32.7 Å². The van der Waals surface area contributed by atoms with Gasteiger partial charge in [0.05, 0.1) is 15.9 Å². The lowest BCUT2D eigenvalue weighted by molar-refractivity contribution is -0.139. The van der Waals surface area contributed by atoms with Gasteiger partial charge in [-0.2, -0.15) is 0 Å². The summed E-state index contributed by atoms with van der Waals surface area (Å²) in [5.41, 5.74) is 1.96. The van der Waals surface area contributed by atoms with Gasteiger partial charge in [-0.05, 0) is 48.4 Å². The Balaban J connectivity index is 1.81. The van der Waals surface area contributed by atoms with Crippen molar-refractivity contribution in [2.45, 2.75) is 31.4 Å². The van der Waals surface area contributed by atoms with E-state index in [0.29, 0.717) is 23.4 Å². The van der Waals surface area contributed by atoms with Gasteiger partial charge in [-0.15, -0.1) is 0 Å². The van der Waals surface area contributed by atoms with Crippen LogP contribution < -0.4 is 0 Å². The molecule has 3 rings (SSSR count). The van der Waals surface area contributed by atoms with Crippen LogP contribution in [0.5, 0.6) is 0 Å². The lowest BCUT2D eigenvalue weighted by Gasteiger charge is -2.11. The van der Waals surface area contributed by atoms with E-state index in [1.165, 1.54) is 44.4 Å². The summed E-state index contributed by atoms with van der Waals surface area (Å²) in [5, 5.41) is 0. The number of fused-ring (bicyclic) bond motifs is 1. The molecule has 0 N–H and O–H groups in total. The summed E-state index contributed by atoms with van der Waals surface area (Å²) >= 11 is 0. The van der Waals surface area contributed by atoms with E-state index in [2.05, 4.69) is 4.98 Å². The smallest absolute Gasteiger partial charge is 0.331 e. The molecule has 9 heteroatoms. The van der Waals surface area contributed by atoms with Crippen LogP contribution in [0.4, 0.5) is 4.39 Å². The van der Waals surface area contributed by atoms with Gasteiger partial charge in [0, 0.05) is 26.7 Å². The van der Waals surface area contributed by atoms with Crippen molar-refractivity contribution in [3.8, 4) is 0 Å². The molecular weight excluding hydrogens is 421 g/mol. The number of hydrogen-bond acceptors (Lipinski definition) is 5. The number of ether oxygens (including phenoxy) is 1. The largest absolute Gasteiger partial charge is 0.454 e. The highest BCUT2D eigenvalue weighted by Crippen LogP contribution is 2.23. The van der Waals surface area contributed by atoms with E-state index in [0.717, 1.165) is 16.2 Å². The van der Waals surface area contributed by atoms with Gasteiger partial charge in [-0.3, -0.25) is 0 Å². The van der Waals surface area contributed by atoms with Crippen molar-refractivity contribution >= 4 is 33.1 Å². The van der Waals surface area contributed by atoms with Crippen molar-refractivity contribution in [2.24, 2.45) is 0 Å². The summed E-state index contributed by atoms with van der Waals surface area (Å²) in [4.78, 5) is 16.7. The van der Waals surface area contributed by atoms with Crippen LogP contribution >= 0.6 is 0 Å². The zero-order chi connectivity index (χ0) is 22.6. The molecule has 0 spiro atoms. The Morgan fingerprint density at radius 2 is 1.90 bits per heavy atom. The Bertz CT molecular complexity index is 1220. The second kappa shape index (κ2) is 9.40. The number of sulfonamides is 1. The van der Waals surface area contributed by atoms with Crippen molar-refractivity contribution in [1.82, 2.24) is 13.9 Å². The highest BCUT2D eigenvalue weighted by Gasteiger charge is 2.20. The Hall–Kier alpha value is -3.04. The topological polar surface area (TPSA) is 81.5 Å². The molecule has 3 aromatic rings. The SMILES string of the molecule is CCCn1c(COC(=O)/C=C/c2ccc(F)cc2)nc2cc(S(=O)(=O)N(C)C)ccc21. The van der Waals surface area contributed by atoms with E-state index >= 15 is 0 Å². The Morgan fingerprint density at radius 1 is 1.19 bits per heavy atom. The van der Waals surface area contributed by atoms with E-state index in [9.17, 15) is 17.6 Å². The number of carbonyl (C=O) groups is 1. The second-order valence-corrected chi connectivity index (χ2v) is 9.26. The van der Waals surface area contributed by atoms with Gasteiger partial charge < -0.3 is 9.30 Å². The molecule has 0 saturated carbocycles. The predicted octanol–water partition coefficient (Wildman–Crippen LogP) is 3.59. The maximum absolute atomic E-state index is 13.0. The first-order chi connectivity index (χ1) is 14.7. The number of nitrogens with zero attached hydrogens (tertiary/aromatic N) is 3. The Labute approximate surface area is 180 Å². The van der Waals surface area contributed by atoms with Crippen molar-refractivity contribution in [3.63, 3.8) is 0 Å². The molecule has 0 aliphatic heterocycles.